The molecular formula is C39H40FN3O4Si. The average molecular weight is 662 g/mol. The Morgan fingerprint density at radius 1 is 0.917 bits per heavy atom. The largest absolute Gasteiger partial charge is 0.505 e. The maximum Gasteiger partial charge on any atom is 0.261 e. The van der Waals surface area contributed by atoms with Crippen LogP contribution >= 0.6 is 0 Å². The van der Waals surface area contributed by atoms with E-state index in [2.05, 4.69) is 50.0 Å². The van der Waals surface area contributed by atoms with Crippen molar-refractivity contribution in [2.24, 2.45) is 7.05 Å². The van der Waals surface area contributed by atoms with Gasteiger partial charge in [0.15, 0.2) is 5.75 Å². The number of likely N-dealkylation sites (N-methyl/N-ethyl adjacent to an activating group) is 1. The molecule has 2 heterocycles. The van der Waals surface area contributed by atoms with Crippen molar-refractivity contribution >= 4 is 46.3 Å². The van der Waals surface area contributed by atoms with Gasteiger partial charge in [-0.15, -0.1) is 0 Å². The Bertz CT molecular complexity index is 2050. The standard InChI is InChI=1S/C39H40FN3O4Si/c1-39(2,3)48(29-12-8-6-9-13-29,30-14-10-7-11-15-30)47-21-20-42(4)37(45)33-31-23-27(22-26-16-18-28(40)19-17-26)24-41-35(31)36(44)34-32(33)25-43(5)38(34)46/h6-19,23-25,44,46H,20-22H2,1-5H3. The summed E-state index contributed by atoms with van der Waals surface area (Å²) in [5.41, 5.74) is 2.22. The summed E-state index contributed by atoms with van der Waals surface area (Å²) in [5.74, 6) is -0.960. The second-order valence-corrected chi connectivity index (χ2v) is 17.7. The second kappa shape index (κ2) is 12.9. The first-order valence-electron chi connectivity index (χ1n) is 16.0. The van der Waals surface area contributed by atoms with Gasteiger partial charge >= 0.3 is 0 Å². The number of benzene rings is 4. The van der Waals surface area contributed by atoms with Crippen LogP contribution in [0.1, 0.15) is 42.3 Å². The minimum atomic E-state index is -2.82. The number of phenolic OH excluding ortho intramolecular Hbond substituents is 1. The van der Waals surface area contributed by atoms with Crippen LogP contribution in [0.2, 0.25) is 5.04 Å². The fourth-order valence-corrected chi connectivity index (χ4v) is 11.3. The Labute approximate surface area is 281 Å². The molecule has 4 aromatic carbocycles. The molecule has 6 aromatic rings. The van der Waals surface area contributed by atoms with E-state index < -0.39 is 8.32 Å². The lowest BCUT2D eigenvalue weighted by atomic mass is 9.97. The number of nitrogens with zero attached hydrogens (tertiary/aromatic N) is 3. The maximum absolute atomic E-state index is 14.4. The molecule has 0 radical (unpaired) electrons. The molecule has 0 spiro atoms. The van der Waals surface area contributed by atoms with Gasteiger partial charge < -0.3 is 24.1 Å². The second-order valence-electron chi connectivity index (χ2n) is 13.4. The Morgan fingerprint density at radius 2 is 1.52 bits per heavy atom. The van der Waals surface area contributed by atoms with E-state index in [-0.39, 0.29) is 39.3 Å². The van der Waals surface area contributed by atoms with Crippen LogP contribution < -0.4 is 10.4 Å². The highest BCUT2D eigenvalue weighted by Crippen LogP contribution is 2.43. The van der Waals surface area contributed by atoms with E-state index >= 15 is 0 Å². The third-order valence-electron chi connectivity index (χ3n) is 9.14. The Balaban J connectivity index is 1.37. The molecule has 2 aromatic heterocycles. The fourth-order valence-electron chi connectivity index (χ4n) is 6.74. The molecule has 1 amide bonds. The van der Waals surface area contributed by atoms with Crippen molar-refractivity contribution < 1.29 is 23.8 Å². The number of aromatic nitrogens is 2. The first kappa shape index (κ1) is 32.9. The van der Waals surface area contributed by atoms with Crippen molar-refractivity contribution in [3.63, 3.8) is 0 Å². The van der Waals surface area contributed by atoms with Crippen molar-refractivity contribution in [3.8, 4) is 11.6 Å². The molecule has 9 heteroatoms. The predicted octanol–water partition coefficient (Wildman–Crippen LogP) is 6.52. The number of fused-ring (bicyclic) bond motifs is 2. The lowest BCUT2D eigenvalue weighted by Crippen LogP contribution is -2.67. The number of hydrogen-bond acceptors (Lipinski definition) is 5. The molecule has 0 aliphatic heterocycles. The Kier molecular flexibility index (Phi) is 8.85. The SMILES string of the molecule is CN(CCO[Si](c1ccccc1)(c1ccccc1)C(C)(C)C)C(=O)c1c2cc(Cc3ccc(F)cc3)cnc2c(O)c2c(O)n(C)cc12. The zero-order valence-electron chi connectivity index (χ0n) is 27.9. The van der Waals surface area contributed by atoms with Crippen LogP contribution in [0.4, 0.5) is 4.39 Å². The highest BCUT2D eigenvalue weighted by molar-refractivity contribution is 6.99. The van der Waals surface area contributed by atoms with E-state index in [1.165, 1.54) is 16.7 Å². The van der Waals surface area contributed by atoms with Crippen LogP contribution in [0.25, 0.3) is 21.7 Å². The van der Waals surface area contributed by atoms with Crippen LogP contribution in [-0.2, 0) is 17.9 Å². The highest BCUT2D eigenvalue weighted by atomic mass is 28.4. The smallest absolute Gasteiger partial charge is 0.261 e. The number of rotatable bonds is 9. The molecule has 2 N–H and O–H groups in total. The molecule has 0 saturated heterocycles. The zero-order chi connectivity index (χ0) is 34.2. The molecule has 0 fully saturated rings. The van der Waals surface area contributed by atoms with E-state index in [0.29, 0.717) is 35.9 Å². The quantitative estimate of drug-likeness (QED) is 0.173. The summed E-state index contributed by atoms with van der Waals surface area (Å²) in [6, 6.07) is 28.8. The van der Waals surface area contributed by atoms with Crippen LogP contribution in [0.15, 0.2) is 103 Å². The van der Waals surface area contributed by atoms with Gasteiger partial charge in [-0.2, -0.15) is 0 Å². The van der Waals surface area contributed by atoms with E-state index in [0.717, 1.165) is 21.5 Å². The number of amides is 1. The van der Waals surface area contributed by atoms with E-state index in [9.17, 15) is 19.4 Å². The predicted molar refractivity (Wildman–Crippen MR) is 191 cm³/mol. The summed E-state index contributed by atoms with van der Waals surface area (Å²) in [6.07, 6.45) is 3.74. The summed E-state index contributed by atoms with van der Waals surface area (Å²) in [5, 5.41) is 25.3. The Hall–Kier alpha value is -4.99. The number of aromatic hydroxyl groups is 2. The molecule has 0 unspecified atom stereocenters. The summed E-state index contributed by atoms with van der Waals surface area (Å²) < 4.78 is 22.1. The van der Waals surface area contributed by atoms with Crippen molar-refractivity contribution in [1.29, 1.82) is 0 Å². The minimum Gasteiger partial charge on any atom is -0.505 e. The van der Waals surface area contributed by atoms with E-state index in [4.69, 9.17) is 4.43 Å². The van der Waals surface area contributed by atoms with Gasteiger partial charge in [0.2, 0.25) is 5.88 Å². The van der Waals surface area contributed by atoms with Crippen LogP contribution in [0, 0.1) is 5.82 Å². The third kappa shape index (κ3) is 5.84. The van der Waals surface area contributed by atoms with Gasteiger partial charge in [0.05, 0.1) is 17.6 Å². The van der Waals surface area contributed by atoms with Gasteiger partial charge in [-0.05, 0) is 51.2 Å². The van der Waals surface area contributed by atoms with Crippen molar-refractivity contribution in [2.45, 2.75) is 32.2 Å². The molecule has 0 bridgehead atoms. The molecule has 6 rings (SSSR count). The number of hydrogen-bond donors (Lipinski definition) is 2. The molecule has 48 heavy (non-hydrogen) atoms. The van der Waals surface area contributed by atoms with Gasteiger partial charge in [0.25, 0.3) is 14.2 Å². The van der Waals surface area contributed by atoms with E-state index in [1.54, 1.807) is 43.5 Å². The summed E-state index contributed by atoms with van der Waals surface area (Å²) in [6.45, 7) is 7.24. The number of carbonyl (C=O) groups is 1. The molecule has 0 atom stereocenters. The molecular weight excluding hydrogens is 622 g/mol. The number of aryl methyl sites for hydroxylation is 1. The fraction of sp³-hybridized carbons (Fsp3) is 0.231. The van der Waals surface area contributed by atoms with Gasteiger partial charge in [-0.3, -0.25) is 9.78 Å². The topological polar surface area (TPSA) is 87.8 Å². The monoisotopic (exact) mass is 661 g/mol. The Morgan fingerprint density at radius 3 is 2.10 bits per heavy atom. The van der Waals surface area contributed by atoms with Crippen LogP contribution in [0.3, 0.4) is 0 Å². The maximum atomic E-state index is 14.4. The number of pyridine rings is 1. The third-order valence-corrected chi connectivity index (χ3v) is 14.2. The summed E-state index contributed by atoms with van der Waals surface area (Å²) >= 11 is 0. The molecule has 246 valence electrons. The van der Waals surface area contributed by atoms with Crippen molar-refractivity contribution in [3.05, 3.63) is 126 Å². The van der Waals surface area contributed by atoms with Crippen molar-refractivity contribution in [2.75, 3.05) is 20.2 Å². The zero-order valence-corrected chi connectivity index (χ0v) is 28.9. The van der Waals surface area contributed by atoms with Gasteiger partial charge in [0.1, 0.15) is 11.3 Å². The number of halogens is 1. The van der Waals surface area contributed by atoms with Gasteiger partial charge in [-0.25, -0.2) is 4.39 Å². The molecule has 7 nitrogen and oxygen atoms in total. The molecule has 0 aliphatic carbocycles. The molecule has 0 aliphatic rings. The van der Waals surface area contributed by atoms with Crippen molar-refractivity contribution in [1.82, 2.24) is 14.5 Å². The van der Waals surface area contributed by atoms with E-state index in [1.807, 2.05) is 42.5 Å². The van der Waals surface area contributed by atoms with Crippen LogP contribution in [0.5, 0.6) is 11.6 Å². The normalized spacial score (nSPS) is 12.1. The average Bonchev–Trinajstić information content (AvgIpc) is 3.37. The number of carbonyl (C=O) groups excluding carboxylic acids is 1. The first-order valence-corrected chi connectivity index (χ1v) is 17.9. The van der Waals surface area contributed by atoms with Gasteiger partial charge in [-0.1, -0.05) is 93.6 Å². The number of phenols is 1. The highest BCUT2D eigenvalue weighted by Gasteiger charge is 2.50. The molecule has 0 saturated carbocycles. The minimum absolute atomic E-state index is 0.159. The van der Waals surface area contributed by atoms with Gasteiger partial charge in [0, 0.05) is 43.8 Å². The lowest BCUT2D eigenvalue weighted by Gasteiger charge is -2.43. The summed E-state index contributed by atoms with van der Waals surface area (Å²) in [4.78, 5) is 20.6. The summed E-state index contributed by atoms with van der Waals surface area (Å²) in [7, 11) is 0.573. The lowest BCUT2D eigenvalue weighted by molar-refractivity contribution is 0.0775. The first-order chi connectivity index (χ1) is 22.9. The van der Waals surface area contributed by atoms with Crippen LogP contribution in [-0.4, -0.2) is 59.1 Å².